The molecule has 31 heavy (non-hydrogen) atoms. The van der Waals surface area contributed by atoms with E-state index in [1.54, 1.807) is 6.07 Å². The van der Waals surface area contributed by atoms with Crippen LogP contribution >= 0.6 is 15.9 Å². The molecule has 1 heterocycles. The Hall–Kier alpha value is -2.58. The largest absolute Gasteiger partial charge is 0.490 e. The number of hydrogen-bond acceptors (Lipinski definition) is 5. The summed E-state index contributed by atoms with van der Waals surface area (Å²) in [6.45, 7) is 4.27. The number of amides is 2. The molecule has 1 fully saturated rings. The first-order valence-electron chi connectivity index (χ1n) is 10.5. The van der Waals surface area contributed by atoms with Gasteiger partial charge in [0.25, 0.3) is 0 Å². The number of anilines is 1. The molecule has 7 nitrogen and oxygen atoms in total. The van der Waals surface area contributed by atoms with Gasteiger partial charge in [-0.1, -0.05) is 24.3 Å². The Balaban J connectivity index is 1.37. The van der Waals surface area contributed by atoms with Crippen molar-refractivity contribution in [3.63, 3.8) is 0 Å². The van der Waals surface area contributed by atoms with Crippen molar-refractivity contribution in [2.45, 2.75) is 25.9 Å². The SMILES string of the molecule is CCOc1ccccc1OC1CCN(CC(=O)NCC(=O)Nc2ccccc2Br)CC1. The van der Waals surface area contributed by atoms with E-state index in [4.69, 9.17) is 9.47 Å². The molecule has 0 aliphatic carbocycles. The normalized spacial score (nSPS) is 14.6. The minimum atomic E-state index is -0.264. The molecule has 2 aromatic carbocycles. The average Bonchev–Trinajstić information content (AvgIpc) is 2.77. The number of carbonyl (C=O) groups excluding carboxylic acids is 2. The molecule has 0 radical (unpaired) electrons. The fourth-order valence-electron chi connectivity index (χ4n) is 3.38. The first kappa shape index (κ1) is 23.1. The van der Waals surface area contributed by atoms with Crippen molar-refractivity contribution >= 4 is 33.4 Å². The zero-order valence-corrected chi connectivity index (χ0v) is 19.2. The van der Waals surface area contributed by atoms with Crippen LogP contribution in [0.15, 0.2) is 53.0 Å². The lowest BCUT2D eigenvalue weighted by Crippen LogP contribution is -2.45. The Morgan fingerprint density at radius 3 is 2.42 bits per heavy atom. The van der Waals surface area contributed by atoms with E-state index in [-0.39, 0.29) is 31.0 Å². The maximum absolute atomic E-state index is 12.2. The summed E-state index contributed by atoms with van der Waals surface area (Å²) in [7, 11) is 0. The fraction of sp³-hybridized carbons (Fsp3) is 0.391. The second kappa shape index (κ2) is 11.7. The molecule has 0 aromatic heterocycles. The number of likely N-dealkylation sites (tertiary alicyclic amines) is 1. The lowest BCUT2D eigenvalue weighted by molar-refractivity contribution is -0.125. The van der Waals surface area contributed by atoms with Crippen molar-refractivity contribution in [1.29, 1.82) is 0 Å². The van der Waals surface area contributed by atoms with Crippen LogP contribution in [0.3, 0.4) is 0 Å². The van der Waals surface area contributed by atoms with Crippen LogP contribution in [0.5, 0.6) is 11.5 Å². The van der Waals surface area contributed by atoms with Crippen molar-refractivity contribution in [1.82, 2.24) is 10.2 Å². The molecule has 0 spiro atoms. The van der Waals surface area contributed by atoms with Gasteiger partial charge in [0, 0.05) is 17.6 Å². The number of para-hydroxylation sites is 3. The van der Waals surface area contributed by atoms with Gasteiger partial charge < -0.3 is 20.1 Å². The summed E-state index contributed by atoms with van der Waals surface area (Å²) in [5.74, 6) is 1.09. The summed E-state index contributed by atoms with van der Waals surface area (Å²) in [4.78, 5) is 26.4. The van der Waals surface area contributed by atoms with Gasteiger partial charge in [-0.15, -0.1) is 0 Å². The molecular weight excluding hydrogens is 462 g/mol. The molecule has 8 heteroatoms. The number of carbonyl (C=O) groups is 2. The number of ether oxygens (including phenoxy) is 2. The van der Waals surface area contributed by atoms with Crippen LogP contribution in [0.1, 0.15) is 19.8 Å². The maximum atomic E-state index is 12.2. The monoisotopic (exact) mass is 489 g/mol. The minimum absolute atomic E-state index is 0.0616. The van der Waals surface area contributed by atoms with E-state index >= 15 is 0 Å². The van der Waals surface area contributed by atoms with Gasteiger partial charge in [0.05, 0.1) is 25.4 Å². The Labute approximate surface area is 191 Å². The topological polar surface area (TPSA) is 79.9 Å². The van der Waals surface area contributed by atoms with E-state index in [0.29, 0.717) is 12.3 Å². The number of halogens is 1. The number of hydrogen-bond donors (Lipinski definition) is 2. The summed E-state index contributed by atoms with van der Waals surface area (Å²) >= 11 is 3.38. The average molecular weight is 490 g/mol. The van der Waals surface area contributed by atoms with Gasteiger partial charge in [0.2, 0.25) is 11.8 Å². The fourth-order valence-corrected chi connectivity index (χ4v) is 3.77. The maximum Gasteiger partial charge on any atom is 0.243 e. The van der Waals surface area contributed by atoms with E-state index in [1.807, 2.05) is 49.4 Å². The van der Waals surface area contributed by atoms with Gasteiger partial charge in [-0.3, -0.25) is 14.5 Å². The first-order chi connectivity index (χ1) is 15.0. The van der Waals surface area contributed by atoms with Crippen LogP contribution in [0.4, 0.5) is 5.69 Å². The minimum Gasteiger partial charge on any atom is -0.490 e. The van der Waals surface area contributed by atoms with Gasteiger partial charge in [-0.05, 0) is 60.0 Å². The van der Waals surface area contributed by atoms with Crippen LogP contribution in [-0.2, 0) is 9.59 Å². The highest BCUT2D eigenvalue weighted by molar-refractivity contribution is 9.10. The number of benzene rings is 2. The van der Waals surface area contributed by atoms with Crippen molar-refractivity contribution in [3.8, 4) is 11.5 Å². The molecule has 166 valence electrons. The Morgan fingerprint density at radius 1 is 1.03 bits per heavy atom. The van der Waals surface area contributed by atoms with Gasteiger partial charge in [-0.2, -0.15) is 0 Å². The summed E-state index contributed by atoms with van der Waals surface area (Å²) in [5.41, 5.74) is 0.676. The predicted molar refractivity (Wildman–Crippen MR) is 123 cm³/mol. The van der Waals surface area contributed by atoms with E-state index in [0.717, 1.165) is 41.9 Å². The third-order valence-corrected chi connectivity index (χ3v) is 5.63. The highest BCUT2D eigenvalue weighted by atomic mass is 79.9. The van der Waals surface area contributed by atoms with Crippen molar-refractivity contribution in [3.05, 3.63) is 53.0 Å². The molecule has 1 aliphatic rings. The third kappa shape index (κ3) is 7.25. The number of rotatable bonds is 9. The zero-order valence-electron chi connectivity index (χ0n) is 17.6. The number of nitrogens with one attached hydrogen (secondary N) is 2. The standard InChI is InChI=1S/C23H28BrN3O4/c1-2-30-20-9-5-6-10-21(20)31-17-11-13-27(14-12-17)16-23(29)25-15-22(28)26-19-8-4-3-7-18(19)24/h3-10,17H,2,11-16H2,1H3,(H,25,29)(H,26,28). The second-order valence-electron chi connectivity index (χ2n) is 7.28. The quantitative estimate of drug-likeness (QED) is 0.563. The third-order valence-electron chi connectivity index (χ3n) is 4.94. The Kier molecular flexibility index (Phi) is 8.73. The van der Waals surface area contributed by atoms with E-state index in [2.05, 4.69) is 31.5 Å². The van der Waals surface area contributed by atoms with E-state index in [9.17, 15) is 9.59 Å². The van der Waals surface area contributed by atoms with Gasteiger partial charge in [0.1, 0.15) is 6.10 Å². The smallest absolute Gasteiger partial charge is 0.243 e. The molecule has 0 unspecified atom stereocenters. The molecule has 1 aliphatic heterocycles. The van der Waals surface area contributed by atoms with Gasteiger partial charge >= 0.3 is 0 Å². The number of nitrogens with zero attached hydrogens (tertiary/aromatic N) is 1. The predicted octanol–water partition coefficient (Wildman–Crippen LogP) is 3.45. The molecule has 2 aromatic rings. The zero-order chi connectivity index (χ0) is 22.1. The van der Waals surface area contributed by atoms with Crippen LogP contribution in [0.2, 0.25) is 0 Å². The highest BCUT2D eigenvalue weighted by Crippen LogP contribution is 2.29. The number of piperidine rings is 1. The summed E-state index contributed by atoms with van der Waals surface area (Å²) in [6, 6.07) is 15.0. The molecule has 2 N–H and O–H groups in total. The van der Waals surface area contributed by atoms with Gasteiger partial charge in [0.15, 0.2) is 11.5 Å². The van der Waals surface area contributed by atoms with E-state index < -0.39 is 0 Å². The lowest BCUT2D eigenvalue weighted by atomic mass is 10.1. The lowest BCUT2D eigenvalue weighted by Gasteiger charge is -2.31. The van der Waals surface area contributed by atoms with Crippen molar-refractivity contribution in [2.75, 3.05) is 38.1 Å². The molecular formula is C23H28BrN3O4. The first-order valence-corrected chi connectivity index (χ1v) is 11.3. The molecule has 2 amide bonds. The second-order valence-corrected chi connectivity index (χ2v) is 8.13. The molecule has 1 saturated heterocycles. The summed E-state index contributed by atoms with van der Waals surface area (Å²) < 4.78 is 12.5. The highest BCUT2D eigenvalue weighted by Gasteiger charge is 2.23. The summed E-state index contributed by atoms with van der Waals surface area (Å²) in [6.07, 6.45) is 1.75. The molecule has 0 atom stereocenters. The molecule has 0 saturated carbocycles. The van der Waals surface area contributed by atoms with Crippen LogP contribution < -0.4 is 20.1 Å². The summed E-state index contributed by atoms with van der Waals surface area (Å²) in [5, 5.41) is 5.46. The van der Waals surface area contributed by atoms with E-state index in [1.165, 1.54) is 0 Å². The van der Waals surface area contributed by atoms with Crippen LogP contribution in [0.25, 0.3) is 0 Å². The van der Waals surface area contributed by atoms with Crippen LogP contribution in [-0.4, -0.2) is 55.6 Å². The Morgan fingerprint density at radius 2 is 1.71 bits per heavy atom. The van der Waals surface area contributed by atoms with Crippen molar-refractivity contribution < 1.29 is 19.1 Å². The Bertz CT molecular complexity index is 885. The van der Waals surface area contributed by atoms with Gasteiger partial charge in [-0.25, -0.2) is 0 Å². The van der Waals surface area contributed by atoms with Crippen LogP contribution in [0, 0.1) is 0 Å². The molecule has 0 bridgehead atoms. The van der Waals surface area contributed by atoms with Crippen molar-refractivity contribution in [2.24, 2.45) is 0 Å². The molecule has 3 rings (SSSR count).